The van der Waals surface area contributed by atoms with Gasteiger partial charge in [0.05, 0.1) is 11.0 Å². The molecule has 23 heavy (non-hydrogen) atoms. The highest BCUT2D eigenvalue weighted by Crippen LogP contribution is 2.19. The Morgan fingerprint density at radius 1 is 1.35 bits per heavy atom. The number of nitrogens with one attached hydrogen (secondary N) is 1. The molecule has 1 aliphatic rings. The maximum atomic E-state index is 12.7. The Balaban J connectivity index is 1.82. The second kappa shape index (κ2) is 6.11. The molecule has 0 aliphatic carbocycles. The Kier molecular flexibility index (Phi) is 4.16. The van der Waals surface area contributed by atoms with Crippen LogP contribution in [0.1, 0.15) is 23.7 Å². The molecule has 1 amide bonds. The number of nitrogens with zero attached hydrogens (tertiary/aromatic N) is 3. The quantitative estimate of drug-likeness (QED) is 0.888. The molecule has 1 unspecified atom stereocenters. The highest BCUT2D eigenvalue weighted by atomic mass is 32.2. The molecule has 1 aliphatic heterocycles. The van der Waals surface area contributed by atoms with Crippen LogP contribution in [0.15, 0.2) is 30.6 Å². The average Bonchev–Trinajstić information content (AvgIpc) is 3.04. The molecular formula is C15H18N4O3S. The van der Waals surface area contributed by atoms with Crippen LogP contribution in [0.4, 0.5) is 0 Å². The predicted octanol–water partition coefficient (Wildman–Crippen LogP) is 1.12. The summed E-state index contributed by atoms with van der Waals surface area (Å²) in [5.74, 6) is 0.448. The van der Waals surface area contributed by atoms with Crippen LogP contribution in [-0.2, 0) is 9.84 Å². The molecular weight excluding hydrogens is 316 g/mol. The Hall–Kier alpha value is -2.22. The van der Waals surface area contributed by atoms with Gasteiger partial charge in [-0.1, -0.05) is 12.1 Å². The summed E-state index contributed by atoms with van der Waals surface area (Å²) >= 11 is 0. The maximum Gasteiger partial charge on any atom is 0.253 e. The van der Waals surface area contributed by atoms with Crippen LogP contribution in [0.2, 0.25) is 0 Å². The van der Waals surface area contributed by atoms with Crippen molar-refractivity contribution in [3.05, 3.63) is 36.2 Å². The van der Waals surface area contributed by atoms with Gasteiger partial charge < -0.3 is 4.90 Å². The Morgan fingerprint density at radius 3 is 2.91 bits per heavy atom. The highest BCUT2D eigenvalue weighted by molar-refractivity contribution is 7.92. The molecule has 2 heterocycles. The number of benzene rings is 1. The van der Waals surface area contributed by atoms with Crippen molar-refractivity contribution >= 4 is 15.7 Å². The molecule has 1 N–H and O–H groups in total. The minimum atomic E-state index is -3.11. The first kappa shape index (κ1) is 15.7. The van der Waals surface area contributed by atoms with Crippen molar-refractivity contribution < 1.29 is 13.2 Å². The van der Waals surface area contributed by atoms with Crippen molar-refractivity contribution in [2.75, 3.05) is 18.8 Å². The van der Waals surface area contributed by atoms with E-state index in [1.807, 2.05) is 6.07 Å². The number of sulfone groups is 1. The van der Waals surface area contributed by atoms with E-state index in [0.29, 0.717) is 24.4 Å². The summed E-state index contributed by atoms with van der Waals surface area (Å²) in [6.07, 6.45) is 1.88. The zero-order valence-electron chi connectivity index (χ0n) is 12.8. The molecule has 1 fully saturated rings. The summed E-state index contributed by atoms with van der Waals surface area (Å²) in [4.78, 5) is 18.4. The number of amides is 1. The van der Waals surface area contributed by atoms with E-state index in [1.165, 1.54) is 6.33 Å². The van der Waals surface area contributed by atoms with E-state index >= 15 is 0 Å². The first-order valence-corrected chi connectivity index (χ1v) is 9.15. The second-order valence-electron chi connectivity index (χ2n) is 5.67. The minimum Gasteiger partial charge on any atom is -0.338 e. The SMILES string of the molecule is CC1CCN(C(=O)c2cccc(-c3ncn[nH]3)c2)CCS1(=O)=O. The fourth-order valence-electron chi connectivity index (χ4n) is 2.60. The van der Waals surface area contributed by atoms with Crippen LogP contribution in [0, 0.1) is 0 Å². The lowest BCUT2D eigenvalue weighted by atomic mass is 10.1. The molecule has 1 atom stereocenters. The summed E-state index contributed by atoms with van der Waals surface area (Å²) in [6, 6.07) is 7.09. The largest absolute Gasteiger partial charge is 0.338 e. The number of rotatable bonds is 2. The van der Waals surface area contributed by atoms with Gasteiger partial charge in [0.2, 0.25) is 0 Å². The van der Waals surface area contributed by atoms with Gasteiger partial charge in [-0.2, -0.15) is 5.10 Å². The van der Waals surface area contributed by atoms with Crippen LogP contribution in [0.25, 0.3) is 11.4 Å². The molecule has 0 radical (unpaired) electrons. The third-order valence-corrected chi connectivity index (χ3v) is 6.36. The van der Waals surface area contributed by atoms with Gasteiger partial charge >= 0.3 is 0 Å². The van der Waals surface area contributed by atoms with E-state index < -0.39 is 15.1 Å². The van der Waals surface area contributed by atoms with E-state index in [2.05, 4.69) is 15.2 Å². The molecule has 3 rings (SSSR count). The predicted molar refractivity (Wildman–Crippen MR) is 85.6 cm³/mol. The van der Waals surface area contributed by atoms with Gasteiger partial charge in [-0.3, -0.25) is 9.89 Å². The number of carbonyl (C=O) groups is 1. The minimum absolute atomic E-state index is 0.0156. The van der Waals surface area contributed by atoms with Crippen molar-refractivity contribution in [3.8, 4) is 11.4 Å². The monoisotopic (exact) mass is 334 g/mol. The summed E-state index contributed by atoms with van der Waals surface area (Å²) < 4.78 is 23.9. The van der Waals surface area contributed by atoms with E-state index in [9.17, 15) is 13.2 Å². The molecule has 7 nitrogen and oxygen atoms in total. The maximum absolute atomic E-state index is 12.7. The molecule has 0 bridgehead atoms. The van der Waals surface area contributed by atoms with Gasteiger partial charge in [-0.15, -0.1) is 0 Å². The normalized spacial score (nSPS) is 20.9. The zero-order chi connectivity index (χ0) is 16.4. The molecule has 0 spiro atoms. The van der Waals surface area contributed by atoms with E-state index in [1.54, 1.807) is 30.0 Å². The number of hydrogen-bond donors (Lipinski definition) is 1. The van der Waals surface area contributed by atoms with Crippen LogP contribution < -0.4 is 0 Å². The van der Waals surface area contributed by atoms with Crippen molar-refractivity contribution in [2.24, 2.45) is 0 Å². The summed E-state index contributed by atoms with van der Waals surface area (Å²) in [6.45, 7) is 2.39. The van der Waals surface area contributed by atoms with Gasteiger partial charge in [-0.05, 0) is 25.5 Å². The topological polar surface area (TPSA) is 96.0 Å². The van der Waals surface area contributed by atoms with Gasteiger partial charge in [0.15, 0.2) is 15.7 Å². The van der Waals surface area contributed by atoms with Crippen LogP contribution >= 0.6 is 0 Å². The highest BCUT2D eigenvalue weighted by Gasteiger charge is 2.28. The standard InChI is InChI=1S/C15H18N4O3S/c1-11-5-6-19(7-8-23(11,21)22)15(20)13-4-2-3-12(9-13)14-16-10-17-18-14/h2-4,9-11H,5-8H2,1H3,(H,16,17,18). The lowest BCUT2D eigenvalue weighted by Crippen LogP contribution is -2.33. The fourth-order valence-corrected chi connectivity index (χ4v) is 3.94. The lowest BCUT2D eigenvalue weighted by Gasteiger charge is -2.20. The number of H-pyrrole nitrogens is 1. The van der Waals surface area contributed by atoms with Gasteiger partial charge in [0.25, 0.3) is 5.91 Å². The molecule has 8 heteroatoms. The summed E-state index contributed by atoms with van der Waals surface area (Å²) in [5.41, 5.74) is 1.29. The molecule has 2 aromatic rings. The van der Waals surface area contributed by atoms with Crippen molar-refractivity contribution in [2.45, 2.75) is 18.6 Å². The van der Waals surface area contributed by atoms with E-state index in [4.69, 9.17) is 0 Å². The van der Waals surface area contributed by atoms with Crippen molar-refractivity contribution in [1.82, 2.24) is 20.1 Å². The van der Waals surface area contributed by atoms with Crippen LogP contribution in [-0.4, -0.2) is 58.5 Å². The van der Waals surface area contributed by atoms with Crippen molar-refractivity contribution in [1.29, 1.82) is 0 Å². The lowest BCUT2D eigenvalue weighted by molar-refractivity contribution is 0.0767. The third kappa shape index (κ3) is 3.26. The van der Waals surface area contributed by atoms with Gasteiger partial charge in [0.1, 0.15) is 6.33 Å². The summed E-state index contributed by atoms with van der Waals surface area (Å²) in [7, 11) is -3.11. The molecule has 1 aromatic heterocycles. The Bertz CT molecular complexity index is 802. The first-order chi connectivity index (χ1) is 11.0. The van der Waals surface area contributed by atoms with Crippen LogP contribution in [0.5, 0.6) is 0 Å². The van der Waals surface area contributed by atoms with E-state index in [0.717, 1.165) is 5.56 Å². The second-order valence-corrected chi connectivity index (χ2v) is 8.21. The summed E-state index contributed by atoms with van der Waals surface area (Å²) in [5, 5.41) is 6.16. The number of aromatic amines is 1. The number of aromatic nitrogens is 3. The number of hydrogen-bond acceptors (Lipinski definition) is 5. The van der Waals surface area contributed by atoms with Gasteiger partial charge in [0, 0.05) is 24.2 Å². The third-order valence-electron chi connectivity index (χ3n) is 4.15. The van der Waals surface area contributed by atoms with Crippen molar-refractivity contribution in [3.63, 3.8) is 0 Å². The average molecular weight is 334 g/mol. The molecule has 122 valence electrons. The molecule has 1 saturated heterocycles. The molecule has 1 aromatic carbocycles. The van der Waals surface area contributed by atoms with Crippen LogP contribution in [0.3, 0.4) is 0 Å². The van der Waals surface area contributed by atoms with Gasteiger partial charge in [-0.25, -0.2) is 13.4 Å². The Morgan fingerprint density at radius 2 is 2.17 bits per heavy atom. The molecule has 0 saturated carbocycles. The smallest absolute Gasteiger partial charge is 0.253 e. The zero-order valence-corrected chi connectivity index (χ0v) is 13.6. The number of carbonyl (C=O) groups excluding carboxylic acids is 1. The van der Waals surface area contributed by atoms with E-state index in [-0.39, 0.29) is 18.2 Å². The fraction of sp³-hybridized carbons (Fsp3) is 0.400. The Labute approximate surface area is 134 Å². The first-order valence-electron chi connectivity index (χ1n) is 7.44.